The summed E-state index contributed by atoms with van der Waals surface area (Å²) in [5.41, 5.74) is 0. The molecule has 0 heterocycles. The van der Waals surface area contributed by atoms with E-state index < -0.39 is 18.2 Å². The van der Waals surface area contributed by atoms with Crippen LogP contribution < -0.4 is 5.32 Å². The maximum atomic E-state index is 13.1. The van der Waals surface area contributed by atoms with Gasteiger partial charge in [0.2, 0.25) is 5.91 Å². The SMILES string of the molecule is CC/C=C/C/C=C/C/C=C/CCCCCCC(CC(=O)NC(CO)C(O)CCCCCCCCCCCCCCCC)OC(=O)CCCCCCCCCCC. The third-order valence-electron chi connectivity index (χ3n) is 11.0. The fraction of sp³-hybridized carbons (Fsp3) is 0.840. The summed E-state index contributed by atoms with van der Waals surface area (Å²) in [5.74, 6) is -0.492. The van der Waals surface area contributed by atoms with Crippen LogP contribution >= 0.6 is 0 Å². The Morgan fingerprint density at radius 3 is 1.46 bits per heavy atom. The average molecular weight is 788 g/mol. The molecular formula is C50H93NO5. The van der Waals surface area contributed by atoms with Crippen molar-refractivity contribution in [2.45, 2.75) is 264 Å². The van der Waals surface area contributed by atoms with E-state index in [-0.39, 0.29) is 24.9 Å². The molecule has 1 amide bonds. The maximum absolute atomic E-state index is 13.1. The van der Waals surface area contributed by atoms with E-state index in [1.807, 2.05) is 0 Å². The number of amides is 1. The zero-order chi connectivity index (χ0) is 41.0. The van der Waals surface area contributed by atoms with E-state index in [0.717, 1.165) is 89.9 Å². The Morgan fingerprint density at radius 1 is 0.536 bits per heavy atom. The Kier molecular flexibility index (Phi) is 42.7. The third-order valence-corrected chi connectivity index (χ3v) is 11.0. The lowest BCUT2D eigenvalue weighted by Crippen LogP contribution is -2.46. The van der Waals surface area contributed by atoms with Gasteiger partial charge in [-0.3, -0.25) is 9.59 Å². The Balaban J connectivity index is 4.56. The normalized spacial score (nSPS) is 13.6. The summed E-state index contributed by atoms with van der Waals surface area (Å²) >= 11 is 0. The molecule has 0 saturated heterocycles. The first-order valence-corrected chi connectivity index (χ1v) is 24.2. The van der Waals surface area contributed by atoms with E-state index in [0.29, 0.717) is 19.3 Å². The van der Waals surface area contributed by atoms with E-state index in [2.05, 4.69) is 62.5 Å². The highest BCUT2D eigenvalue weighted by molar-refractivity contribution is 5.77. The summed E-state index contributed by atoms with van der Waals surface area (Å²) in [6, 6.07) is -0.704. The number of carbonyl (C=O) groups excluding carboxylic acids is 2. The topological polar surface area (TPSA) is 95.9 Å². The van der Waals surface area contributed by atoms with Crippen molar-refractivity contribution in [3.8, 4) is 0 Å². The molecule has 0 aromatic rings. The molecule has 3 unspecified atom stereocenters. The number of aliphatic hydroxyl groups is 2. The van der Waals surface area contributed by atoms with E-state index in [4.69, 9.17) is 4.74 Å². The number of allylic oxidation sites excluding steroid dienone is 6. The molecule has 0 saturated carbocycles. The smallest absolute Gasteiger partial charge is 0.306 e. The first-order valence-electron chi connectivity index (χ1n) is 24.2. The van der Waals surface area contributed by atoms with Gasteiger partial charge in [-0.1, -0.05) is 211 Å². The molecule has 0 rings (SSSR count). The van der Waals surface area contributed by atoms with Crippen LogP contribution in [0.15, 0.2) is 36.5 Å². The number of esters is 1. The van der Waals surface area contributed by atoms with Gasteiger partial charge < -0.3 is 20.3 Å². The standard InChI is InChI=1S/C50H93NO5/c1-4-7-10-13-16-19-21-23-25-27-30-32-35-38-41-46(56-50(55)43-40-37-34-29-18-15-12-9-6-3)44-49(54)51-47(45-52)48(53)42-39-36-33-31-28-26-24-22-20-17-14-11-8-5-2/h7,10,16,19,23,25,46-48,52-53H,4-6,8-9,11-15,17-18,20-22,24,26-45H2,1-3H3,(H,51,54)/b10-7+,19-16+,25-23+. The monoisotopic (exact) mass is 788 g/mol. The molecule has 0 spiro atoms. The molecule has 6 heteroatoms. The summed E-state index contributed by atoms with van der Waals surface area (Å²) < 4.78 is 5.89. The van der Waals surface area contributed by atoms with Gasteiger partial charge in [0.1, 0.15) is 6.10 Å². The highest BCUT2D eigenvalue weighted by atomic mass is 16.5. The minimum absolute atomic E-state index is 0.0655. The zero-order valence-electron chi connectivity index (χ0n) is 37.3. The second-order valence-electron chi connectivity index (χ2n) is 16.5. The van der Waals surface area contributed by atoms with Gasteiger partial charge in [-0.15, -0.1) is 0 Å². The number of carbonyl (C=O) groups is 2. The molecule has 6 nitrogen and oxygen atoms in total. The van der Waals surface area contributed by atoms with Crippen molar-refractivity contribution < 1.29 is 24.5 Å². The van der Waals surface area contributed by atoms with E-state index in [9.17, 15) is 19.8 Å². The van der Waals surface area contributed by atoms with E-state index in [1.54, 1.807) is 0 Å². The fourth-order valence-corrected chi connectivity index (χ4v) is 7.33. The minimum atomic E-state index is -0.790. The van der Waals surface area contributed by atoms with Crippen molar-refractivity contribution in [1.82, 2.24) is 5.32 Å². The molecule has 328 valence electrons. The van der Waals surface area contributed by atoms with Crippen molar-refractivity contribution in [2.75, 3.05) is 6.61 Å². The summed E-state index contributed by atoms with van der Waals surface area (Å²) in [6.45, 7) is 6.35. The molecule has 3 atom stereocenters. The number of ether oxygens (including phenoxy) is 1. The first kappa shape index (κ1) is 54.1. The van der Waals surface area contributed by atoms with Crippen LogP contribution in [-0.4, -0.2) is 46.9 Å². The van der Waals surface area contributed by atoms with Gasteiger partial charge in [0.25, 0.3) is 0 Å². The number of unbranched alkanes of at least 4 members (excludes halogenated alkanes) is 25. The van der Waals surface area contributed by atoms with Crippen LogP contribution in [0.3, 0.4) is 0 Å². The Hall–Kier alpha value is -1.92. The summed E-state index contributed by atoms with van der Waals surface area (Å²) in [5, 5.41) is 23.7. The highest BCUT2D eigenvalue weighted by Gasteiger charge is 2.24. The average Bonchev–Trinajstić information content (AvgIpc) is 3.19. The van der Waals surface area contributed by atoms with Crippen molar-refractivity contribution in [3.63, 3.8) is 0 Å². The molecule has 0 aromatic carbocycles. The van der Waals surface area contributed by atoms with Crippen LogP contribution in [0.25, 0.3) is 0 Å². The van der Waals surface area contributed by atoms with Crippen molar-refractivity contribution in [3.05, 3.63) is 36.5 Å². The number of aliphatic hydroxyl groups excluding tert-OH is 2. The van der Waals surface area contributed by atoms with Crippen LogP contribution in [0.2, 0.25) is 0 Å². The van der Waals surface area contributed by atoms with Crippen LogP contribution in [0.4, 0.5) is 0 Å². The molecule has 0 bridgehead atoms. The largest absolute Gasteiger partial charge is 0.462 e. The Labute approximate surface area is 347 Å². The molecule has 0 radical (unpaired) electrons. The van der Waals surface area contributed by atoms with Gasteiger partial charge in [0.05, 0.1) is 25.2 Å². The second kappa shape index (κ2) is 44.2. The molecular weight excluding hydrogens is 695 g/mol. The number of hydrogen-bond donors (Lipinski definition) is 3. The highest BCUT2D eigenvalue weighted by Crippen LogP contribution is 2.18. The lowest BCUT2D eigenvalue weighted by molar-refractivity contribution is -0.151. The lowest BCUT2D eigenvalue weighted by Gasteiger charge is -2.24. The van der Waals surface area contributed by atoms with Gasteiger partial charge >= 0.3 is 5.97 Å². The first-order chi connectivity index (χ1) is 27.5. The quantitative estimate of drug-likeness (QED) is 0.0325. The Bertz CT molecular complexity index is 930. The fourth-order valence-electron chi connectivity index (χ4n) is 7.33. The van der Waals surface area contributed by atoms with Gasteiger partial charge in [-0.2, -0.15) is 0 Å². The van der Waals surface area contributed by atoms with Crippen LogP contribution in [0.5, 0.6) is 0 Å². The second-order valence-corrected chi connectivity index (χ2v) is 16.5. The van der Waals surface area contributed by atoms with Crippen LogP contribution in [0.1, 0.15) is 245 Å². The molecule has 0 aliphatic carbocycles. The third kappa shape index (κ3) is 38.9. The van der Waals surface area contributed by atoms with Gasteiger partial charge in [-0.25, -0.2) is 0 Å². The summed E-state index contributed by atoms with van der Waals surface area (Å²) in [4.78, 5) is 26.0. The van der Waals surface area contributed by atoms with Gasteiger partial charge in [-0.05, 0) is 57.8 Å². The summed E-state index contributed by atoms with van der Waals surface area (Å²) in [6.07, 6.45) is 50.6. The van der Waals surface area contributed by atoms with Crippen molar-refractivity contribution in [2.24, 2.45) is 0 Å². The van der Waals surface area contributed by atoms with Crippen molar-refractivity contribution >= 4 is 11.9 Å². The van der Waals surface area contributed by atoms with Crippen LogP contribution in [0, 0.1) is 0 Å². The number of nitrogens with one attached hydrogen (secondary N) is 1. The van der Waals surface area contributed by atoms with E-state index in [1.165, 1.54) is 109 Å². The lowest BCUT2D eigenvalue weighted by atomic mass is 10.0. The minimum Gasteiger partial charge on any atom is -0.462 e. The van der Waals surface area contributed by atoms with Gasteiger partial charge in [0, 0.05) is 6.42 Å². The van der Waals surface area contributed by atoms with Crippen LogP contribution in [-0.2, 0) is 14.3 Å². The molecule has 0 aliphatic rings. The predicted octanol–water partition coefficient (Wildman–Crippen LogP) is 14.1. The zero-order valence-corrected chi connectivity index (χ0v) is 37.3. The molecule has 56 heavy (non-hydrogen) atoms. The summed E-state index contributed by atoms with van der Waals surface area (Å²) in [7, 11) is 0. The molecule has 0 aromatic heterocycles. The number of rotatable bonds is 43. The molecule has 3 N–H and O–H groups in total. The maximum Gasteiger partial charge on any atom is 0.306 e. The van der Waals surface area contributed by atoms with Gasteiger partial charge in [0.15, 0.2) is 0 Å². The molecule has 0 fully saturated rings. The Morgan fingerprint density at radius 2 is 0.964 bits per heavy atom. The van der Waals surface area contributed by atoms with E-state index >= 15 is 0 Å². The molecule has 0 aliphatic heterocycles. The predicted molar refractivity (Wildman–Crippen MR) is 241 cm³/mol. The number of hydrogen-bond acceptors (Lipinski definition) is 5. The van der Waals surface area contributed by atoms with Crippen molar-refractivity contribution in [1.29, 1.82) is 0 Å².